The molecule has 28 heavy (non-hydrogen) atoms. The Morgan fingerprint density at radius 1 is 1.04 bits per heavy atom. The highest BCUT2D eigenvalue weighted by atomic mass is 32.2. The van der Waals surface area contributed by atoms with Gasteiger partial charge in [0.05, 0.1) is 15.5 Å². The van der Waals surface area contributed by atoms with E-state index in [1.54, 1.807) is 30.3 Å². The molecule has 8 heteroatoms. The number of nitrogens with zero attached hydrogens (tertiary/aromatic N) is 2. The molecule has 1 amide bonds. The molecule has 0 bridgehead atoms. The summed E-state index contributed by atoms with van der Waals surface area (Å²) in [5, 5.41) is 13.3. The van der Waals surface area contributed by atoms with Gasteiger partial charge in [0.2, 0.25) is 0 Å². The average molecular weight is 391 g/mol. The number of rotatable bonds is 4. The molecule has 0 radical (unpaired) electrons. The number of amides is 1. The first kappa shape index (κ1) is 17.7. The van der Waals surface area contributed by atoms with Crippen LogP contribution in [0.3, 0.4) is 0 Å². The largest absolute Gasteiger partial charge is 0.457 e. The van der Waals surface area contributed by atoms with E-state index in [0.717, 1.165) is 23.0 Å². The first-order valence-corrected chi connectivity index (χ1v) is 9.09. The van der Waals surface area contributed by atoms with Gasteiger partial charge in [-0.05, 0) is 54.2 Å². The second kappa shape index (κ2) is 7.53. The first-order chi connectivity index (χ1) is 13.6. The van der Waals surface area contributed by atoms with Crippen molar-refractivity contribution in [2.24, 2.45) is 4.99 Å². The summed E-state index contributed by atoms with van der Waals surface area (Å²) in [6, 6.07) is 19.0. The van der Waals surface area contributed by atoms with Crippen LogP contribution in [0.15, 0.2) is 81.0 Å². The molecule has 7 nitrogen and oxygen atoms in total. The lowest BCUT2D eigenvalue weighted by Gasteiger charge is -1.99. The highest BCUT2D eigenvalue weighted by molar-refractivity contribution is 8.18. The summed E-state index contributed by atoms with van der Waals surface area (Å²) >= 11 is 1.04. The Kier molecular flexibility index (Phi) is 4.77. The molecule has 2 aromatic carbocycles. The van der Waals surface area contributed by atoms with Gasteiger partial charge < -0.3 is 9.73 Å². The summed E-state index contributed by atoms with van der Waals surface area (Å²) in [5.41, 5.74) is 1.48. The summed E-state index contributed by atoms with van der Waals surface area (Å²) in [6.45, 7) is 0. The molecule has 0 aliphatic carbocycles. The van der Waals surface area contributed by atoms with Crippen molar-refractivity contribution >= 4 is 40.3 Å². The second-order valence-electron chi connectivity index (χ2n) is 5.83. The lowest BCUT2D eigenvalue weighted by atomic mass is 10.1. The number of hydrogen-bond acceptors (Lipinski definition) is 6. The molecule has 1 fully saturated rings. The summed E-state index contributed by atoms with van der Waals surface area (Å²) in [6.07, 6.45) is 1.74. The van der Waals surface area contributed by atoms with E-state index in [1.807, 2.05) is 30.3 Å². The van der Waals surface area contributed by atoms with Crippen molar-refractivity contribution in [2.45, 2.75) is 0 Å². The van der Waals surface area contributed by atoms with E-state index < -0.39 is 4.92 Å². The molecule has 0 atom stereocenters. The van der Waals surface area contributed by atoms with Gasteiger partial charge in [0, 0.05) is 17.7 Å². The molecule has 0 spiro atoms. The quantitative estimate of drug-likeness (QED) is 0.475. The highest BCUT2D eigenvalue weighted by Gasteiger charge is 2.24. The van der Waals surface area contributed by atoms with E-state index in [-0.39, 0.29) is 10.9 Å². The molecule has 138 valence electrons. The maximum absolute atomic E-state index is 11.8. The number of thioether (sulfide) groups is 1. The van der Waals surface area contributed by atoms with E-state index in [4.69, 9.17) is 4.42 Å². The Morgan fingerprint density at radius 3 is 2.50 bits per heavy atom. The van der Waals surface area contributed by atoms with Gasteiger partial charge in [0.25, 0.3) is 10.9 Å². The number of non-ortho nitro benzene ring substituents is 1. The fourth-order valence-corrected chi connectivity index (χ4v) is 3.32. The van der Waals surface area contributed by atoms with Crippen molar-refractivity contribution in [3.05, 3.63) is 87.5 Å². The predicted molar refractivity (Wildman–Crippen MR) is 108 cm³/mol. The van der Waals surface area contributed by atoms with Gasteiger partial charge in [-0.3, -0.25) is 14.9 Å². The summed E-state index contributed by atoms with van der Waals surface area (Å²) in [4.78, 5) is 27.2. The molecule has 3 aromatic rings. The van der Waals surface area contributed by atoms with Crippen LogP contribution in [0.4, 0.5) is 16.2 Å². The average Bonchev–Trinajstić information content (AvgIpc) is 3.29. The SMILES string of the molecule is O=C1NC(=Nc2ccccc2)/C(=C/c2ccc(-c3ccc([N+](=O)[O-])cc3)o2)S1. The van der Waals surface area contributed by atoms with Crippen LogP contribution >= 0.6 is 11.8 Å². The third kappa shape index (κ3) is 3.86. The topological polar surface area (TPSA) is 97.7 Å². The number of carbonyl (C=O) groups is 1. The van der Waals surface area contributed by atoms with Crippen molar-refractivity contribution in [2.75, 3.05) is 0 Å². The predicted octanol–water partition coefficient (Wildman–Crippen LogP) is 5.38. The van der Waals surface area contributed by atoms with Crippen molar-refractivity contribution in [1.82, 2.24) is 5.32 Å². The lowest BCUT2D eigenvalue weighted by Crippen LogP contribution is -2.18. The Hall–Kier alpha value is -3.65. The third-order valence-corrected chi connectivity index (χ3v) is 4.73. The Bertz CT molecular complexity index is 1100. The van der Waals surface area contributed by atoms with Gasteiger partial charge in [0.15, 0.2) is 0 Å². The molecule has 1 N–H and O–H groups in total. The van der Waals surface area contributed by atoms with Crippen LogP contribution in [0, 0.1) is 10.1 Å². The second-order valence-corrected chi connectivity index (χ2v) is 6.84. The normalized spacial score (nSPS) is 16.5. The van der Waals surface area contributed by atoms with Crippen LogP contribution in [-0.4, -0.2) is 16.0 Å². The van der Waals surface area contributed by atoms with Crippen LogP contribution in [0.1, 0.15) is 5.76 Å². The van der Waals surface area contributed by atoms with Crippen molar-refractivity contribution in [3.63, 3.8) is 0 Å². The van der Waals surface area contributed by atoms with Gasteiger partial charge in [-0.1, -0.05) is 18.2 Å². The molecule has 4 rings (SSSR count). The Labute approximate surface area is 163 Å². The van der Waals surface area contributed by atoms with Crippen LogP contribution in [-0.2, 0) is 0 Å². The van der Waals surface area contributed by atoms with E-state index >= 15 is 0 Å². The molecule has 2 heterocycles. The lowest BCUT2D eigenvalue weighted by molar-refractivity contribution is -0.384. The van der Waals surface area contributed by atoms with Gasteiger partial charge in [-0.15, -0.1) is 0 Å². The van der Waals surface area contributed by atoms with E-state index in [0.29, 0.717) is 22.3 Å². The van der Waals surface area contributed by atoms with Gasteiger partial charge in [-0.2, -0.15) is 0 Å². The molecule has 1 saturated heterocycles. The number of carbonyl (C=O) groups excluding carboxylic acids is 1. The minimum atomic E-state index is -0.448. The number of hydrogen-bond donors (Lipinski definition) is 1. The number of aliphatic imine (C=N–C) groups is 1. The summed E-state index contributed by atoms with van der Waals surface area (Å²) < 4.78 is 5.81. The number of amidine groups is 1. The van der Waals surface area contributed by atoms with E-state index in [2.05, 4.69) is 10.3 Å². The molecule has 1 aliphatic rings. The third-order valence-electron chi connectivity index (χ3n) is 3.92. The van der Waals surface area contributed by atoms with Gasteiger partial charge in [-0.25, -0.2) is 4.99 Å². The smallest absolute Gasteiger partial charge is 0.289 e. The van der Waals surface area contributed by atoms with Crippen LogP contribution < -0.4 is 5.32 Å². The zero-order valence-corrected chi connectivity index (χ0v) is 15.2. The first-order valence-electron chi connectivity index (χ1n) is 8.28. The van der Waals surface area contributed by atoms with Gasteiger partial charge in [0.1, 0.15) is 17.4 Å². The maximum atomic E-state index is 11.8. The summed E-state index contributed by atoms with van der Waals surface area (Å²) in [7, 11) is 0. The minimum absolute atomic E-state index is 0.0198. The van der Waals surface area contributed by atoms with Crippen molar-refractivity contribution < 1.29 is 14.1 Å². The van der Waals surface area contributed by atoms with Gasteiger partial charge >= 0.3 is 0 Å². The molecular weight excluding hydrogens is 378 g/mol. The molecule has 0 unspecified atom stereocenters. The molecule has 1 aromatic heterocycles. The maximum Gasteiger partial charge on any atom is 0.289 e. The number of nitro groups is 1. The molecule has 1 aliphatic heterocycles. The standard InChI is InChI=1S/C20H13N3O4S/c24-20-22-19(21-14-4-2-1-3-5-14)18(28-20)12-16-10-11-17(27-16)13-6-8-15(9-7-13)23(25)26/h1-12H,(H,21,22,24)/b18-12-. The highest BCUT2D eigenvalue weighted by Crippen LogP contribution is 2.30. The Morgan fingerprint density at radius 2 is 1.79 bits per heavy atom. The summed E-state index contributed by atoms with van der Waals surface area (Å²) in [5.74, 6) is 1.59. The monoisotopic (exact) mass is 391 g/mol. The fraction of sp³-hybridized carbons (Fsp3) is 0. The molecular formula is C20H13N3O4S. The van der Waals surface area contributed by atoms with E-state index in [9.17, 15) is 14.9 Å². The van der Waals surface area contributed by atoms with Crippen LogP contribution in [0.2, 0.25) is 0 Å². The zero-order valence-electron chi connectivity index (χ0n) is 14.4. The minimum Gasteiger partial charge on any atom is -0.457 e. The van der Waals surface area contributed by atoms with E-state index in [1.165, 1.54) is 12.1 Å². The number of nitro benzene ring substituents is 1. The number of para-hydroxylation sites is 1. The number of benzene rings is 2. The zero-order chi connectivity index (χ0) is 19.5. The number of nitrogens with one attached hydrogen (secondary N) is 1. The number of furan rings is 1. The molecule has 0 saturated carbocycles. The van der Waals surface area contributed by atoms with Crippen molar-refractivity contribution in [3.8, 4) is 11.3 Å². The fourth-order valence-electron chi connectivity index (χ4n) is 2.61. The Balaban J connectivity index is 1.61. The van der Waals surface area contributed by atoms with Crippen LogP contribution in [0.5, 0.6) is 0 Å². The van der Waals surface area contributed by atoms with Crippen LogP contribution in [0.25, 0.3) is 17.4 Å². The van der Waals surface area contributed by atoms with Crippen molar-refractivity contribution in [1.29, 1.82) is 0 Å².